The number of hydrogen-bond donors (Lipinski definition) is 0. The van der Waals surface area contributed by atoms with Crippen LogP contribution < -0.4 is 3.69 Å². The number of benzene rings is 1. The Morgan fingerprint density at radius 2 is 1.64 bits per heavy atom. The lowest BCUT2D eigenvalue weighted by Gasteiger charge is -2.06. The molecule has 0 aliphatic rings. The molecule has 0 unspecified atom stereocenters. The topological polar surface area (TPSA) is 0 Å². The first kappa shape index (κ1) is 14.3. The van der Waals surface area contributed by atoms with Gasteiger partial charge in [-0.05, 0) is 0 Å². The van der Waals surface area contributed by atoms with Gasteiger partial charge < -0.3 is 0 Å². The van der Waals surface area contributed by atoms with E-state index in [-0.39, 0.29) is 37.3 Å². The maximum Gasteiger partial charge on any atom is 0.416 e. The van der Waals surface area contributed by atoms with Gasteiger partial charge in [0, 0.05) is 0 Å². The predicted octanol–water partition coefficient (Wildman–Crippen LogP) is 3.05. The summed E-state index contributed by atoms with van der Waals surface area (Å²) in [7, 11) is 0. The second kappa shape index (κ2) is 5.97. The molecule has 1 rings (SSSR count). The van der Waals surface area contributed by atoms with Gasteiger partial charge in [-0.3, -0.25) is 0 Å². The minimum Gasteiger partial charge on any atom is -0.174 e. The Bertz CT molecular complexity index is 268. The smallest absolute Gasteiger partial charge is 0.174 e. The van der Waals surface area contributed by atoms with Crippen LogP contribution in [0.1, 0.15) is 12.5 Å². The lowest BCUT2D eigenvalue weighted by Crippen LogP contribution is -2.14. The monoisotopic (exact) mass is 278 g/mol. The van der Waals surface area contributed by atoms with Gasteiger partial charge in [-0.25, -0.2) is 0 Å². The Balaban J connectivity index is 0.00000169. The van der Waals surface area contributed by atoms with Crippen molar-refractivity contribution < 1.29 is 13.2 Å². The van der Waals surface area contributed by atoms with Crippen LogP contribution in [0.3, 0.4) is 0 Å². The molecule has 0 aliphatic carbocycles. The molecule has 14 heavy (non-hydrogen) atoms. The van der Waals surface area contributed by atoms with Crippen molar-refractivity contribution in [2.45, 2.75) is 17.7 Å². The van der Waals surface area contributed by atoms with Gasteiger partial charge >= 0.3 is 26.5 Å². The number of hydrogen-bond acceptors (Lipinski definition) is 0. The van der Waals surface area contributed by atoms with E-state index in [4.69, 9.17) is 0 Å². The van der Waals surface area contributed by atoms with Crippen molar-refractivity contribution in [3.8, 4) is 0 Å². The Morgan fingerprint density at radius 1 is 1.14 bits per heavy atom. The van der Waals surface area contributed by atoms with Crippen LogP contribution in [0.15, 0.2) is 24.3 Å². The summed E-state index contributed by atoms with van der Waals surface area (Å²) in [4.78, 5) is 0. The third-order valence-electron chi connectivity index (χ3n) is 1.82. The Morgan fingerprint density at radius 3 is 2.00 bits per heavy atom. The quantitative estimate of drug-likeness (QED) is 0.730. The maximum absolute atomic E-state index is 12.1. The maximum atomic E-state index is 12.1. The van der Waals surface area contributed by atoms with Crippen molar-refractivity contribution in [3.05, 3.63) is 29.8 Å². The molecular weight excluding hydrogens is 269 g/mol. The minimum absolute atomic E-state index is 0. The molecule has 1 aromatic rings. The van der Waals surface area contributed by atoms with Crippen molar-refractivity contribution in [1.82, 2.24) is 0 Å². The summed E-state index contributed by atoms with van der Waals surface area (Å²) in [6.45, 7) is 2.06. The molecule has 0 amide bonds. The molecule has 76 valence electrons. The molecule has 0 saturated carbocycles. The second-order valence-electron chi connectivity index (χ2n) is 2.94. The zero-order valence-electron chi connectivity index (χ0n) is 7.77. The van der Waals surface area contributed by atoms with Gasteiger partial charge in [0.1, 0.15) is 0 Å². The third kappa shape index (κ3) is 4.19. The molecule has 5 heteroatoms. The van der Waals surface area contributed by atoms with Gasteiger partial charge in [-0.2, -0.15) is 16.9 Å². The number of halogens is 4. The first-order chi connectivity index (χ1) is 6.04. The molecule has 0 bridgehead atoms. The molecule has 0 aromatic heterocycles. The summed E-state index contributed by atoms with van der Waals surface area (Å²) in [5.41, 5.74) is -0.554. The molecule has 0 fully saturated rings. The van der Waals surface area contributed by atoms with Gasteiger partial charge in [-0.1, -0.05) is 31.2 Å². The fraction of sp³-hybridized carbons (Fsp3) is 0.333. The zero-order chi connectivity index (χ0) is 9.90. The van der Waals surface area contributed by atoms with Crippen LogP contribution >= 0.6 is 17.0 Å². The standard InChI is InChI=1S/C7H4F3.C2H5.BrH.Mg/c8-7(9,10)6-4-2-1-3-5-6;1-2;;/h2-5H;1H2,2H3;1H;. The van der Waals surface area contributed by atoms with E-state index in [1.807, 2.05) is 0 Å². The second-order valence-corrected chi connectivity index (χ2v) is 5.26. The van der Waals surface area contributed by atoms with Gasteiger partial charge in [0.15, 0.2) is 0 Å². The summed E-state index contributed by atoms with van der Waals surface area (Å²) in [5, 5.41) is 0. The average molecular weight is 279 g/mol. The largest absolute Gasteiger partial charge is 0.416 e. The summed E-state index contributed by atoms with van der Waals surface area (Å²) >= 11 is -0.328. The Hall–Kier alpha value is 0.256. The Kier molecular flexibility index (Phi) is 6.08. The van der Waals surface area contributed by atoms with Gasteiger partial charge in [0.2, 0.25) is 0 Å². The van der Waals surface area contributed by atoms with E-state index in [1.54, 1.807) is 12.1 Å². The van der Waals surface area contributed by atoms with E-state index >= 15 is 0 Å². The highest BCUT2D eigenvalue weighted by molar-refractivity contribution is 8.93. The third-order valence-corrected chi connectivity index (χ3v) is 3.37. The van der Waals surface area contributed by atoms with Crippen molar-refractivity contribution in [2.24, 2.45) is 0 Å². The molecule has 0 aliphatic heterocycles. The van der Waals surface area contributed by atoms with E-state index in [0.717, 1.165) is 20.4 Å². The predicted molar refractivity (Wildman–Crippen MR) is 57.6 cm³/mol. The van der Waals surface area contributed by atoms with Crippen LogP contribution in [0.25, 0.3) is 0 Å². The highest BCUT2D eigenvalue weighted by atomic mass is 79.9. The van der Waals surface area contributed by atoms with Crippen molar-refractivity contribution in [1.29, 1.82) is 0 Å². The summed E-state index contributed by atoms with van der Waals surface area (Å²) in [6, 6.07) is 5.52. The fourth-order valence-corrected chi connectivity index (χ4v) is 2.30. The van der Waals surface area contributed by atoms with Crippen LogP contribution in [0.5, 0.6) is 0 Å². The van der Waals surface area contributed by atoms with E-state index in [0.29, 0.717) is 0 Å². The van der Waals surface area contributed by atoms with Gasteiger partial charge in [0.05, 0.1) is 5.56 Å². The molecule has 0 radical (unpaired) electrons. The van der Waals surface area contributed by atoms with Gasteiger partial charge in [0.25, 0.3) is 0 Å². The van der Waals surface area contributed by atoms with E-state index in [1.165, 1.54) is 0 Å². The van der Waals surface area contributed by atoms with Crippen LogP contribution in [0.4, 0.5) is 13.2 Å². The normalized spacial score (nSPS) is 10.3. The molecule has 0 heterocycles. The highest BCUT2D eigenvalue weighted by Gasteiger charge is 2.29. The van der Waals surface area contributed by atoms with Crippen molar-refractivity contribution in [3.63, 3.8) is 0 Å². The molecule has 0 spiro atoms. The summed E-state index contributed by atoms with van der Waals surface area (Å²) < 4.78 is 38.5. The van der Waals surface area contributed by atoms with Crippen LogP contribution in [0, 0.1) is 0 Å². The lowest BCUT2D eigenvalue weighted by atomic mass is 10.2. The highest BCUT2D eigenvalue weighted by Crippen LogP contribution is 2.28. The van der Waals surface area contributed by atoms with Gasteiger partial charge in [-0.15, -0.1) is 21.5 Å². The van der Waals surface area contributed by atoms with Crippen LogP contribution in [0.2, 0.25) is 4.55 Å². The number of rotatable bonds is 2. The van der Waals surface area contributed by atoms with Crippen molar-refractivity contribution >= 4 is 41.0 Å². The lowest BCUT2D eigenvalue weighted by molar-refractivity contribution is -0.137. The number of alkyl halides is 3. The van der Waals surface area contributed by atoms with Crippen LogP contribution in [-0.4, -0.2) is 20.4 Å². The average Bonchev–Trinajstić information content (AvgIpc) is 2.04. The minimum atomic E-state index is -4.20. The molecule has 1 aromatic carbocycles. The SMILES string of the molecule is Br.C[CH2][Mg][c]1ccc(C(F)(F)F)cc1. The molecule has 0 nitrogen and oxygen atoms in total. The zero-order valence-corrected chi connectivity index (χ0v) is 10.9. The summed E-state index contributed by atoms with van der Waals surface area (Å²) in [5.74, 6) is 0. The first-order valence-corrected chi connectivity index (χ1v) is 5.91. The molecular formula is C9H10BrF3Mg. The Labute approximate surface area is 101 Å². The van der Waals surface area contributed by atoms with Crippen molar-refractivity contribution in [2.75, 3.05) is 0 Å². The van der Waals surface area contributed by atoms with E-state index in [9.17, 15) is 13.2 Å². The molecule has 0 saturated heterocycles. The van der Waals surface area contributed by atoms with E-state index in [2.05, 4.69) is 6.92 Å². The van der Waals surface area contributed by atoms with E-state index < -0.39 is 11.7 Å². The summed E-state index contributed by atoms with van der Waals surface area (Å²) in [6.07, 6.45) is -4.20. The van der Waals surface area contributed by atoms with Crippen LogP contribution in [-0.2, 0) is 6.18 Å². The fourth-order valence-electron chi connectivity index (χ4n) is 1.15. The molecule has 0 atom stereocenters. The molecule has 0 N–H and O–H groups in total. The first-order valence-electron chi connectivity index (χ1n) is 4.20.